The van der Waals surface area contributed by atoms with Crippen molar-refractivity contribution in [1.82, 2.24) is 5.32 Å². The molecule has 0 spiro atoms. The van der Waals surface area contributed by atoms with Crippen molar-refractivity contribution in [2.45, 2.75) is 70.8 Å². The first-order valence-electron chi connectivity index (χ1n) is 7.60. The van der Waals surface area contributed by atoms with E-state index in [1.807, 2.05) is 6.08 Å². The Morgan fingerprint density at radius 3 is 2.71 bits per heavy atom. The van der Waals surface area contributed by atoms with Crippen LogP contribution in [0.4, 0.5) is 0 Å². The summed E-state index contributed by atoms with van der Waals surface area (Å²) in [6.45, 7) is 6.12. The van der Waals surface area contributed by atoms with Crippen LogP contribution in [0.5, 0.6) is 0 Å². The Labute approximate surface area is 108 Å². The van der Waals surface area contributed by atoms with Gasteiger partial charge >= 0.3 is 0 Å². The molecular weight excluding hydrogens is 206 g/mol. The fraction of sp³-hybridized carbons (Fsp3) is 0.875. The van der Waals surface area contributed by atoms with Gasteiger partial charge in [-0.2, -0.15) is 0 Å². The highest BCUT2D eigenvalue weighted by molar-refractivity contribution is 4.83. The number of nitrogens with one attached hydrogen (secondary N) is 1. The van der Waals surface area contributed by atoms with Crippen molar-refractivity contribution in [1.29, 1.82) is 0 Å². The zero-order valence-corrected chi connectivity index (χ0v) is 11.9. The first-order valence-corrected chi connectivity index (χ1v) is 7.60. The van der Waals surface area contributed by atoms with Crippen LogP contribution in [0.15, 0.2) is 12.7 Å². The van der Waals surface area contributed by atoms with E-state index in [9.17, 15) is 0 Å². The second-order valence-electron chi connectivity index (χ2n) is 5.67. The maximum Gasteiger partial charge on any atom is 0.00924 e. The van der Waals surface area contributed by atoms with E-state index in [0.717, 1.165) is 17.9 Å². The second-order valence-corrected chi connectivity index (χ2v) is 5.67. The van der Waals surface area contributed by atoms with Crippen LogP contribution < -0.4 is 5.32 Å². The minimum atomic E-state index is 0.773. The number of allylic oxidation sites excluding steroid dienone is 1. The van der Waals surface area contributed by atoms with Crippen LogP contribution in [-0.4, -0.2) is 13.1 Å². The molecule has 1 saturated carbocycles. The highest BCUT2D eigenvalue weighted by Crippen LogP contribution is 2.36. The van der Waals surface area contributed by atoms with Gasteiger partial charge in [-0.3, -0.25) is 0 Å². The summed E-state index contributed by atoms with van der Waals surface area (Å²) in [6, 6.07) is 0.773. The zero-order valence-electron chi connectivity index (χ0n) is 11.9. The van der Waals surface area contributed by atoms with Crippen LogP contribution in [0.25, 0.3) is 0 Å². The van der Waals surface area contributed by atoms with Crippen LogP contribution in [0.1, 0.15) is 64.7 Å². The summed E-state index contributed by atoms with van der Waals surface area (Å²) in [5, 5.41) is 3.56. The van der Waals surface area contributed by atoms with Gasteiger partial charge in [0.25, 0.3) is 0 Å². The molecule has 1 fully saturated rings. The molecular formula is C16H31N. The second kappa shape index (κ2) is 8.74. The molecule has 0 aromatic carbocycles. The van der Waals surface area contributed by atoms with Gasteiger partial charge < -0.3 is 5.32 Å². The molecule has 0 aromatic heterocycles. The molecule has 0 aliphatic heterocycles. The summed E-state index contributed by atoms with van der Waals surface area (Å²) in [5.74, 6) is 1.96. The van der Waals surface area contributed by atoms with Gasteiger partial charge in [-0.25, -0.2) is 0 Å². The molecule has 1 N–H and O–H groups in total. The maximum absolute atomic E-state index is 3.78. The SMILES string of the molecule is C=CCCCCCC(NC)C1CCC(CC)C1. The molecule has 0 radical (unpaired) electrons. The number of hydrogen-bond acceptors (Lipinski definition) is 1. The molecule has 0 bridgehead atoms. The average Bonchev–Trinajstić information content (AvgIpc) is 2.82. The molecule has 1 rings (SSSR count). The van der Waals surface area contributed by atoms with Crippen molar-refractivity contribution >= 4 is 0 Å². The highest BCUT2D eigenvalue weighted by Gasteiger charge is 2.28. The topological polar surface area (TPSA) is 12.0 Å². The molecule has 0 heterocycles. The van der Waals surface area contributed by atoms with E-state index in [1.54, 1.807) is 0 Å². The third-order valence-electron chi connectivity index (χ3n) is 4.52. The molecule has 0 amide bonds. The van der Waals surface area contributed by atoms with Crippen LogP contribution >= 0.6 is 0 Å². The van der Waals surface area contributed by atoms with Gasteiger partial charge in [0.1, 0.15) is 0 Å². The largest absolute Gasteiger partial charge is 0.317 e. The number of unbranched alkanes of at least 4 members (excludes halogenated alkanes) is 3. The molecule has 1 nitrogen and oxygen atoms in total. The van der Waals surface area contributed by atoms with Crippen molar-refractivity contribution in [2.24, 2.45) is 11.8 Å². The average molecular weight is 237 g/mol. The molecule has 100 valence electrons. The summed E-state index contributed by atoms with van der Waals surface area (Å²) in [4.78, 5) is 0. The lowest BCUT2D eigenvalue weighted by Gasteiger charge is -2.23. The predicted octanol–water partition coefficient (Wildman–Crippen LogP) is 4.54. The number of hydrogen-bond donors (Lipinski definition) is 1. The Balaban J connectivity index is 2.17. The van der Waals surface area contributed by atoms with Crippen molar-refractivity contribution in [3.05, 3.63) is 12.7 Å². The molecule has 1 heteroatoms. The van der Waals surface area contributed by atoms with E-state index in [1.165, 1.54) is 57.8 Å². The molecule has 0 saturated heterocycles. The third kappa shape index (κ3) is 5.25. The molecule has 3 unspecified atom stereocenters. The Morgan fingerprint density at radius 2 is 2.12 bits per heavy atom. The van der Waals surface area contributed by atoms with Gasteiger partial charge in [-0.15, -0.1) is 6.58 Å². The summed E-state index contributed by atoms with van der Waals surface area (Å²) in [7, 11) is 2.15. The predicted molar refractivity (Wildman–Crippen MR) is 77.3 cm³/mol. The van der Waals surface area contributed by atoms with Crippen LogP contribution in [0, 0.1) is 11.8 Å². The van der Waals surface area contributed by atoms with Gasteiger partial charge in [-0.1, -0.05) is 38.7 Å². The van der Waals surface area contributed by atoms with Gasteiger partial charge in [-0.05, 0) is 51.0 Å². The Morgan fingerprint density at radius 1 is 1.29 bits per heavy atom. The van der Waals surface area contributed by atoms with E-state index < -0.39 is 0 Å². The Hall–Kier alpha value is -0.300. The van der Waals surface area contributed by atoms with Gasteiger partial charge in [0, 0.05) is 6.04 Å². The molecule has 3 atom stereocenters. The van der Waals surface area contributed by atoms with Gasteiger partial charge in [0.05, 0.1) is 0 Å². The van der Waals surface area contributed by atoms with Crippen molar-refractivity contribution < 1.29 is 0 Å². The Kier molecular flexibility index (Phi) is 7.59. The van der Waals surface area contributed by atoms with Gasteiger partial charge in [0.2, 0.25) is 0 Å². The third-order valence-corrected chi connectivity index (χ3v) is 4.52. The summed E-state index contributed by atoms with van der Waals surface area (Å²) in [5.41, 5.74) is 0. The molecule has 1 aliphatic carbocycles. The standard InChI is InChI=1S/C16H31N/c1-4-6-7-8-9-10-16(17-3)15-12-11-14(5-2)13-15/h4,14-17H,1,5-13H2,2-3H3. The van der Waals surface area contributed by atoms with Crippen molar-refractivity contribution in [3.63, 3.8) is 0 Å². The molecule has 1 aliphatic rings. The van der Waals surface area contributed by atoms with Crippen LogP contribution in [-0.2, 0) is 0 Å². The molecule has 17 heavy (non-hydrogen) atoms. The molecule has 0 aromatic rings. The maximum atomic E-state index is 3.78. The van der Waals surface area contributed by atoms with Gasteiger partial charge in [0.15, 0.2) is 0 Å². The fourth-order valence-corrected chi connectivity index (χ4v) is 3.30. The smallest absolute Gasteiger partial charge is 0.00924 e. The van der Waals surface area contributed by atoms with Crippen LogP contribution in [0.3, 0.4) is 0 Å². The normalized spacial score (nSPS) is 26.0. The lowest BCUT2D eigenvalue weighted by molar-refractivity contribution is 0.337. The van der Waals surface area contributed by atoms with E-state index in [0.29, 0.717) is 0 Å². The summed E-state index contributed by atoms with van der Waals surface area (Å²) in [6.07, 6.45) is 14.4. The summed E-state index contributed by atoms with van der Waals surface area (Å²) < 4.78 is 0. The van der Waals surface area contributed by atoms with E-state index in [-0.39, 0.29) is 0 Å². The van der Waals surface area contributed by atoms with Crippen molar-refractivity contribution in [2.75, 3.05) is 7.05 Å². The first-order chi connectivity index (χ1) is 8.31. The minimum Gasteiger partial charge on any atom is -0.317 e. The zero-order chi connectivity index (χ0) is 12.5. The van der Waals surface area contributed by atoms with Crippen molar-refractivity contribution in [3.8, 4) is 0 Å². The number of rotatable bonds is 9. The lowest BCUT2D eigenvalue weighted by Crippen LogP contribution is -2.32. The Bertz CT molecular complexity index is 200. The first kappa shape index (κ1) is 14.8. The van der Waals surface area contributed by atoms with E-state index in [4.69, 9.17) is 0 Å². The monoisotopic (exact) mass is 237 g/mol. The quantitative estimate of drug-likeness (QED) is 0.458. The lowest BCUT2D eigenvalue weighted by atomic mass is 9.92. The summed E-state index contributed by atoms with van der Waals surface area (Å²) >= 11 is 0. The van der Waals surface area contributed by atoms with E-state index >= 15 is 0 Å². The van der Waals surface area contributed by atoms with Crippen LogP contribution in [0.2, 0.25) is 0 Å². The fourth-order valence-electron chi connectivity index (χ4n) is 3.30. The highest BCUT2D eigenvalue weighted by atomic mass is 14.9. The van der Waals surface area contributed by atoms with E-state index in [2.05, 4.69) is 25.9 Å². The minimum absolute atomic E-state index is 0.773.